The van der Waals surface area contributed by atoms with Gasteiger partial charge in [-0.2, -0.15) is 5.10 Å². The summed E-state index contributed by atoms with van der Waals surface area (Å²) in [6.07, 6.45) is 4.90. The van der Waals surface area contributed by atoms with Gasteiger partial charge in [0.25, 0.3) is 0 Å². The number of nitrogens with two attached hydrogens (primary N) is 1. The van der Waals surface area contributed by atoms with E-state index in [0.717, 1.165) is 54.2 Å². The number of ether oxygens (including phenoxy) is 1. The zero-order valence-electron chi connectivity index (χ0n) is 19.5. The summed E-state index contributed by atoms with van der Waals surface area (Å²) in [5.74, 6) is 1.29. The summed E-state index contributed by atoms with van der Waals surface area (Å²) in [5, 5.41) is 12.8. The number of rotatable bonds is 5. The summed E-state index contributed by atoms with van der Waals surface area (Å²) < 4.78 is 9.95. The molecule has 5 rings (SSSR count). The van der Waals surface area contributed by atoms with Crippen LogP contribution in [0.3, 0.4) is 0 Å². The number of anilines is 1. The van der Waals surface area contributed by atoms with Gasteiger partial charge in [-0.05, 0) is 32.0 Å². The van der Waals surface area contributed by atoms with Crippen LogP contribution < -0.4 is 10.5 Å². The van der Waals surface area contributed by atoms with Gasteiger partial charge in [-0.1, -0.05) is 17.3 Å². The average molecular weight is 461 g/mol. The van der Waals surface area contributed by atoms with Gasteiger partial charge >= 0.3 is 0 Å². The number of amides is 1. The van der Waals surface area contributed by atoms with Crippen LogP contribution in [0, 0.1) is 0 Å². The van der Waals surface area contributed by atoms with Crippen molar-refractivity contribution in [3.8, 4) is 28.3 Å². The summed E-state index contributed by atoms with van der Waals surface area (Å²) in [6.45, 7) is 7.17. The fraction of sp³-hybridized carbons (Fsp3) is 0.375. The van der Waals surface area contributed by atoms with Crippen LogP contribution >= 0.6 is 0 Å². The van der Waals surface area contributed by atoms with E-state index in [9.17, 15) is 4.79 Å². The lowest BCUT2D eigenvalue weighted by molar-refractivity contribution is -0.130. The molecule has 1 aliphatic heterocycles. The quantitative estimate of drug-likeness (QED) is 0.486. The van der Waals surface area contributed by atoms with Gasteiger partial charge in [-0.15, -0.1) is 5.10 Å². The lowest BCUT2D eigenvalue weighted by Gasteiger charge is -2.31. The van der Waals surface area contributed by atoms with Crippen LogP contribution in [0.15, 0.2) is 42.9 Å². The highest BCUT2D eigenvalue weighted by molar-refractivity contribution is 5.90. The first-order valence-corrected chi connectivity index (χ1v) is 11.5. The minimum Gasteiger partial charge on any atom is -0.490 e. The molecule has 4 heterocycles. The van der Waals surface area contributed by atoms with Crippen molar-refractivity contribution in [2.75, 3.05) is 18.8 Å². The Labute approximate surface area is 197 Å². The third-order valence-corrected chi connectivity index (χ3v) is 6.24. The first-order valence-electron chi connectivity index (χ1n) is 11.5. The van der Waals surface area contributed by atoms with Crippen LogP contribution in [0.25, 0.3) is 28.0 Å². The molecular weight excluding hydrogens is 432 g/mol. The second-order valence-electron chi connectivity index (χ2n) is 8.86. The van der Waals surface area contributed by atoms with Crippen molar-refractivity contribution in [2.45, 2.75) is 45.8 Å². The van der Waals surface area contributed by atoms with E-state index >= 15 is 0 Å². The Morgan fingerprint density at radius 3 is 2.71 bits per heavy atom. The van der Waals surface area contributed by atoms with Crippen molar-refractivity contribution in [1.29, 1.82) is 0 Å². The van der Waals surface area contributed by atoms with E-state index in [1.165, 1.54) is 6.33 Å². The molecule has 176 valence electrons. The Kier molecular flexibility index (Phi) is 5.64. The van der Waals surface area contributed by atoms with E-state index in [1.807, 2.05) is 39.9 Å². The smallest absolute Gasteiger partial charge is 0.219 e. The van der Waals surface area contributed by atoms with E-state index in [4.69, 9.17) is 10.5 Å². The molecule has 1 aromatic carbocycles. The molecule has 0 spiro atoms. The number of nitrogen functional groups attached to an aromatic ring is 1. The summed E-state index contributed by atoms with van der Waals surface area (Å²) in [5.41, 5.74) is 10.5. The third-order valence-electron chi connectivity index (χ3n) is 6.24. The summed E-state index contributed by atoms with van der Waals surface area (Å²) >= 11 is 0. The Balaban J connectivity index is 1.50. The molecule has 1 amide bonds. The zero-order chi connectivity index (χ0) is 23.8. The van der Waals surface area contributed by atoms with Gasteiger partial charge in [-0.3, -0.25) is 4.79 Å². The highest BCUT2D eigenvalue weighted by Crippen LogP contribution is 2.36. The number of benzene rings is 1. The van der Waals surface area contributed by atoms with Crippen molar-refractivity contribution in [2.24, 2.45) is 0 Å². The van der Waals surface area contributed by atoms with Gasteiger partial charge < -0.3 is 15.4 Å². The number of likely N-dealkylation sites (tertiary alicyclic amines) is 1. The van der Waals surface area contributed by atoms with Crippen molar-refractivity contribution in [3.05, 3.63) is 42.9 Å². The minimum absolute atomic E-state index is 0.0786. The van der Waals surface area contributed by atoms with E-state index in [1.54, 1.807) is 17.6 Å². The normalized spacial score (nSPS) is 14.8. The molecule has 4 aromatic rings. The lowest BCUT2D eigenvalue weighted by Crippen LogP contribution is -2.40. The molecule has 1 saturated heterocycles. The fourth-order valence-corrected chi connectivity index (χ4v) is 4.50. The van der Waals surface area contributed by atoms with Crippen LogP contribution in [0.1, 0.15) is 39.7 Å². The topological polar surface area (TPSA) is 116 Å². The molecule has 0 radical (unpaired) electrons. The summed E-state index contributed by atoms with van der Waals surface area (Å²) in [6, 6.07) is 10.1. The standard InChI is InChI=1S/C24H28N8O2/c1-15(2)31-22(13-27-29-31)20-12-21(32-23(20)24(25)26-14-28-32)17-5-4-6-19(11-17)34-18-7-9-30(10-8-18)16(3)33/h4-6,11-15,18H,7-10H2,1-3H3,(H2,25,26,28). The lowest BCUT2D eigenvalue weighted by atomic mass is 10.1. The number of carbonyl (C=O) groups excluding carboxylic acids is 1. The van der Waals surface area contributed by atoms with E-state index in [2.05, 4.69) is 34.2 Å². The molecule has 2 N–H and O–H groups in total. The van der Waals surface area contributed by atoms with Gasteiger partial charge in [0, 0.05) is 50.0 Å². The minimum atomic E-state index is 0.0786. The molecule has 10 nitrogen and oxygen atoms in total. The number of hydrogen-bond donors (Lipinski definition) is 1. The molecule has 1 fully saturated rings. The second-order valence-corrected chi connectivity index (χ2v) is 8.86. The van der Waals surface area contributed by atoms with Crippen LogP contribution in [-0.2, 0) is 4.79 Å². The fourth-order valence-electron chi connectivity index (χ4n) is 4.50. The monoisotopic (exact) mass is 460 g/mol. The molecule has 10 heteroatoms. The molecule has 1 aliphatic rings. The van der Waals surface area contributed by atoms with Gasteiger partial charge in [-0.25, -0.2) is 14.2 Å². The van der Waals surface area contributed by atoms with Gasteiger partial charge in [0.1, 0.15) is 23.7 Å². The summed E-state index contributed by atoms with van der Waals surface area (Å²) in [7, 11) is 0. The molecule has 0 aliphatic carbocycles. The Hall–Kier alpha value is -3.95. The molecule has 0 atom stereocenters. The molecule has 0 saturated carbocycles. The van der Waals surface area contributed by atoms with Gasteiger partial charge in [0.15, 0.2) is 5.82 Å². The van der Waals surface area contributed by atoms with Crippen molar-refractivity contribution in [1.82, 2.24) is 34.5 Å². The number of fused-ring (bicyclic) bond motifs is 1. The van der Waals surface area contributed by atoms with Crippen LogP contribution in [0.5, 0.6) is 5.75 Å². The Morgan fingerprint density at radius 2 is 1.97 bits per heavy atom. The molecular formula is C24H28N8O2. The maximum absolute atomic E-state index is 11.6. The van der Waals surface area contributed by atoms with E-state index in [0.29, 0.717) is 11.3 Å². The number of hydrogen-bond acceptors (Lipinski definition) is 7. The zero-order valence-corrected chi connectivity index (χ0v) is 19.5. The van der Waals surface area contributed by atoms with Crippen LogP contribution in [-0.4, -0.2) is 59.6 Å². The van der Waals surface area contributed by atoms with Crippen LogP contribution in [0.2, 0.25) is 0 Å². The SMILES string of the molecule is CC(=O)N1CCC(Oc2cccc(-c3cc(-c4cnnn4C(C)C)c4c(N)ncnn34)c2)CC1. The predicted octanol–water partition coefficient (Wildman–Crippen LogP) is 3.21. The molecule has 3 aromatic heterocycles. The Morgan fingerprint density at radius 1 is 1.18 bits per heavy atom. The average Bonchev–Trinajstić information content (AvgIpc) is 3.45. The first-order chi connectivity index (χ1) is 16.4. The summed E-state index contributed by atoms with van der Waals surface area (Å²) in [4.78, 5) is 17.7. The maximum atomic E-state index is 11.6. The molecule has 34 heavy (non-hydrogen) atoms. The molecule has 0 unspecified atom stereocenters. The molecule has 0 bridgehead atoms. The number of aromatic nitrogens is 6. The Bertz CT molecular complexity index is 1330. The van der Waals surface area contributed by atoms with Crippen molar-refractivity contribution >= 4 is 17.2 Å². The predicted molar refractivity (Wildman–Crippen MR) is 128 cm³/mol. The van der Waals surface area contributed by atoms with Crippen LogP contribution in [0.4, 0.5) is 5.82 Å². The second kappa shape index (κ2) is 8.77. The highest BCUT2D eigenvalue weighted by Gasteiger charge is 2.23. The third kappa shape index (κ3) is 3.95. The maximum Gasteiger partial charge on any atom is 0.219 e. The van der Waals surface area contributed by atoms with E-state index < -0.39 is 0 Å². The number of carbonyl (C=O) groups is 1. The number of piperidine rings is 1. The first kappa shape index (κ1) is 21.9. The highest BCUT2D eigenvalue weighted by atomic mass is 16.5. The largest absolute Gasteiger partial charge is 0.490 e. The van der Waals surface area contributed by atoms with Crippen molar-refractivity contribution < 1.29 is 9.53 Å². The number of nitrogens with zero attached hydrogens (tertiary/aromatic N) is 7. The van der Waals surface area contributed by atoms with E-state index in [-0.39, 0.29) is 18.1 Å². The van der Waals surface area contributed by atoms with Gasteiger partial charge in [0.05, 0.1) is 17.6 Å². The van der Waals surface area contributed by atoms with Gasteiger partial charge in [0.2, 0.25) is 5.91 Å². The van der Waals surface area contributed by atoms with Crippen molar-refractivity contribution in [3.63, 3.8) is 0 Å².